The van der Waals surface area contributed by atoms with Gasteiger partial charge in [-0.25, -0.2) is 9.97 Å². The molecule has 2 rings (SSSR count). The summed E-state index contributed by atoms with van der Waals surface area (Å²) in [6.45, 7) is 1.81. The fraction of sp³-hybridized carbons (Fsp3) is 0.200. The van der Waals surface area contributed by atoms with Crippen molar-refractivity contribution in [3.63, 3.8) is 0 Å². The SMILES string of the molecule is Cc1sccc1-c1cc(C(F)(F)F)nc(N)n1. The second-order valence-corrected chi connectivity index (χ2v) is 4.51. The molecule has 0 aliphatic heterocycles. The van der Waals surface area contributed by atoms with Crippen molar-refractivity contribution in [3.05, 3.63) is 28.1 Å². The van der Waals surface area contributed by atoms with Gasteiger partial charge in [0.2, 0.25) is 5.95 Å². The van der Waals surface area contributed by atoms with Gasteiger partial charge in [0.15, 0.2) is 5.69 Å². The zero-order valence-electron chi connectivity index (χ0n) is 8.75. The molecule has 90 valence electrons. The maximum Gasteiger partial charge on any atom is 0.433 e. The Labute approximate surface area is 99.1 Å². The minimum absolute atomic E-state index is 0.198. The summed E-state index contributed by atoms with van der Waals surface area (Å²) in [6.07, 6.45) is -4.52. The van der Waals surface area contributed by atoms with Gasteiger partial charge in [0, 0.05) is 10.4 Å². The van der Waals surface area contributed by atoms with Gasteiger partial charge in [0.05, 0.1) is 5.69 Å². The molecule has 0 aromatic carbocycles. The van der Waals surface area contributed by atoms with E-state index in [1.807, 2.05) is 6.92 Å². The summed E-state index contributed by atoms with van der Waals surface area (Å²) in [5, 5.41) is 1.79. The maximum absolute atomic E-state index is 12.5. The molecule has 0 spiro atoms. The van der Waals surface area contributed by atoms with Gasteiger partial charge in [-0.3, -0.25) is 0 Å². The van der Waals surface area contributed by atoms with E-state index in [4.69, 9.17) is 5.73 Å². The lowest BCUT2D eigenvalue weighted by Crippen LogP contribution is -2.11. The predicted octanol–water partition coefficient (Wildman–Crippen LogP) is 3.11. The second kappa shape index (κ2) is 3.99. The summed E-state index contributed by atoms with van der Waals surface area (Å²) in [4.78, 5) is 7.90. The van der Waals surface area contributed by atoms with Crippen LogP contribution >= 0.6 is 11.3 Å². The Hall–Kier alpha value is -1.63. The molecule has 0 unspecified atom stereocenters. The quantitative estimate of drug-likeness (QED) is 0.856. The number of halogens is 3. The molecule has 2 aromatic heterocycles. The molecule has 0 aliphatic rings. The minimum Gasteiger partial charge on any atom is -0.368 e. The average molecular weight is 259 g/mol. The van der Waals surface area contributed by atoms with Gasteiger partial charge >= 0.3 is 6.18 Å². The van der Waals surface area contributed by atoms with Crippen LogP contribution in [0, 0.1) is 6.92 Å². The monoisotopic (exact) mass is 259 g/mol. The van der Waals surface area contributed by atoms with E-state index in [1.165, 1.54) is 11.3 Å². The standard InChI is InChI=1S/C10H8F3N3S/c1-5-6(2-3-17-5)7-4-8(10(11,12)13)16-9(14)15-7/h2-4H,1H3,(H2,14,15,16). The molecule has 7 heteroatoms. The van der Waals surface area contributed by atoms with Crippen LogP contribution in [0.25, 0.3) is 11.3 Å². The highest BCUT2D eigenvalue weighted by atomic mass is 32.1. The number of hydrogen-bond donors (Lipinski definition) is 1. The van der Waals surface area contributed by atoms with Gasteiger partial charge in [0.25, 0.3) is 0 Å². The predicted molar refractivity (Wildman–Crippen MR) is 59.5 cm³/mol. The summed E-state index contributed by atoms with van der Waals surface area (Å²) in [7, 11) is 0. The van der Waals surface area contributed by atoms with E-state index in [-0.39, 0.29) is 11.6 Å². The molecule has 0 aliphatic carbocycles. The first-order valence-electron chi connectivity index (χ1n) is 4.64. The fourth-order valence-corrected chi connectivity index (χ4v) is 2.11. The molecule has 2 aromatic rings. The Morgan fingerprint density at radius 2 is 2.00 bits per heavy atom. The number of anilines is 1. The van der Waals surface area contributed by atoms with Crippen molar-refractivity contribution in [1.82, 2.24) is 9.97 Å². The molecule has 0 radical (unpaired) electrons. The Kier molecular flexibility index (Phi) is 2.78. The zero-order chi connectivity index (χ0) is 12.6. The molecular weight excluding hydrogens is 251 g/mol. The number of thiophene rings is 1. The van der Waals surface area contributed by atoms with Crippen molar-refractivity contribution in [3.8, 4) is 11.3 Å². The number of nitrogen functional groups attached to an aromatic ring is 1. The number of rotatable bonds is 1. The van der Waals surface area contributed by atoms with Crippen molar-refractivity contribution in [2.75, 3.05) is 5.73 Å². The third kappa shape index (κ3) is 2.38. The van der Waals surface area contributed by atoms with Crippen LogP contribution in [0.3, 0.4) is 0 Å². The molecule has 2 heterocycles. The summed E-state index contributed by atoms with van der Waals surface area (Å²) >= 11 is 1.44. The van der Waals surface area contributed by atoms with Gasteiger partial charge in [-0.15, -0.1) is 11.3 Å². The van der Waals surface area contributed by atoms with Gasteiger partial charge < -0.3 is 5.73 Å². The lowest BCUT2D eigenvalue weighted by atomic mass is 10.1. The molecule has 0 atom stereocenters. The minimum atomic E-state index is -4.52. The first-order valence-corrected chi connectivity index (χ1v) is 5.52. The van der Waals surface area contributed by atoms with Gasteiger partial charge in [0.1, 0.15) is 0 Å². The van der Waals surface area contributed by atoms with Crippen molar-refractivity contribution in [2.45, 2.75) is 13.1 Å². The molecule has 2 N–H and O–H groups in total. The smallest absolute Gasteiger partial charge is 0.368 e. The third-order valence-electron chi connectivity index (χ3n) is 2.17. The number of nitrogens with two attached hydrogens (primary N) is 1. The van der Waals surface area contributed by atoms with Crippen LogP contribution in [-0.2, 0) is 6.18 Å². The number of nitrogens with zero attached hydrogens (tertiary/aromatic N) is 2. The number of alkyl halides is 3. The molecule has 0 bridgehead atoms. The van der Waals surface area contributed by atoms with Crippen LogP contribution in [0.4, 0.5) is 19.1 Å². The highest BCUT2D eigenvalue weighted by Crippen LogP contribution is 2.32. The number of aromatic nitrogens is 2. The molecule has 0 amide bonds. The van der Waals surface area contributed by atoms with Crippen molar-refractivity contribution < 1.29 is 13.2 Å². The largest absolute Gasteiger partial charge is 0.433 e. The second-order valence-electron chi connectivity index (χ2n) is 3.38. The van der Waals surface area contributed by atoms with E-state index in [1.54, 1.807) is 11.4 Å². The van der Waals surface area contributed by atoms with Gasteiger partial charge in [-0.1, -0.05) is 0 Å². The molecule has 0 saturated heterocycles. The van der Waals surface area contributed by atoms with Crippen LogP contribution in [0.5, 0.6) is 0 Å². The number of aryl methyl sites for hydroxylation is 1. The number of hydrogen-bond acceptors (Lipinski definition) is 4. The Bertz CT molecular complexity index is 548. The lowest BCUT2D eigenvalue weighted by Gasteiger charge is -2.08. The highest BCUT2D eigenvalue weighted by molar-refractivity contribution is 7.10. The molecule has 0 fully saturated rings. The molecular formula is C10H8F3N3S. The van der Waals surface area contributed by atoms with Crippen LogP contribution in [0.1, 0.15) is 10.6 Å². The van der Waals surface area contributed by atoms with Crippen molar-refractivity contribution in [2.24, 2.45) is 0 Å². The van der Waals surface area contributed by atoms with E-state index in [9.17, 15) is 13.2 Å². The maximum atomic E-state index is 12.5. The van der Waals surface area contributed by atoms with Gasteiger partial charge in [-0.2, -0.15) is 13.2 Å². The van der Waals surface area contributed by atoms with Crippen molar-refractivity contribution in [1.29, 1.82) is 0 Å². The molecule has 3 nitrogen and oxygen atoms in total. The first kappa shape index (κ1) is 11.8. The summed E-state index contributed by atoms with van der Waals surface area (Å²) < 4.78 is 37.6. The van der Waals surface area contributed by atoms with E-state index in [0.717, 1.165) is 10.9 Å². The third-order valence-corrected chi connectivity index (χ3v) is 3.01. The Morgan fingerprint density at radius 3 is 2.53 bits per heavy atom. The van der Waals surface area contributed by atoms with E-state index < -0.39 is 11.9 Å². The van der Waals surface area contributed by atoms with Crippen LogP contribution in [0.15, 0.2) is 17.5 Å². The van der Waals surface area contributed by atoms with E-state index >= 15 is 0 Å². The first-order chi connectivity index (χ1) is 7.88. The molecule has 17 heavy (non-hydrogen) atoms. The van der Waals surface area contributed by atoms with Gasteiger partial charge in [-0.05, 0) is 24.4 Å². The van der Waals surface area contributed by atoms with Crippen molar-refractivity contribution >= 4 is 17.3 Å². The average Bonchev–Trinajstić information content (AvgIpc) is 2.62. The lowest BCUT2D eigenvalue weighted by molar-refractivity contribution is -0.141. The summed E-state index contributed by atoms with van der Waals surface area (Å²) in [5.41, 5.74) is 5.12. The topological polar surface area (TPSA) is 51.8 Å². The summed E-state index contributed by atoms with van der Waals surface area (Å²) in [5.74, 6) is -0.375. The van der Waals surface area contributed by atoms with E-state index in [0.29, 0.717) is 5.56 Å². The highest BCUT2D eigenvalue weighted by Gasteiger charge is 2.33. The molecule has 0 saturated carbocycles. The Morgan fingerprint density at radius 1 is 1.29 bits per heavy atom. The van der Waals surface area contributed by atoms with Crippen LogP contribution < -0.4 is 5.73 Å². The Balaban J connectivity index is 2.57. The zero-order valence-corrected chi connectivity index (χ0v) is 9.56. The van der Waals surface area contributed by atoms with E-state index in [2.05, 4.69) is 9.97 Å². The van der Waals surface area contributed by atoms with Crippen LogP contribution in [0.2, 0.25) is 0 Å². The fourth-order valence-electron chi connectivity index (χ4n) is 1.40. The normalized spacial score (nSPS) is 11.8. The summed E-state index contributed by atoms with van der Waals surface area (Å²) in [6, 6.07) is 2.62. The van der Waals surface area contributed by atoms with Crippen LogP contribution in [-0.4, -0.2) is 9.97 Å².